The molecule has 1 unspecified atom stereocenters. The smallest absolute Gasteiger partial charge is 0.371 e. The number of ether oxygens (including phenoxy) is 1. The third kappa shape index (κ3) is 5.71. The minimum Gasteiger partial charge on any atom is -0.399 e. The van der Waals surface area contributed by atoms with Crippen LogP contribution in [0.15, 0.2) is 24.3 Å². The Balaban J connectivity index is 0.000000324. The summed E-state index contributed by atoms with van der Waals surface area (Å²) in [4.78, 5) is 0. The van der Waals surface area contributed by atoms with Gasteiger partial charge in [0, 0.05) is 25.5 Å². The highest BCUT2D eigenvalue weighted by Crippen LogP contribution is 2.42. The summed E-state index contributed by atoms with van der Waals surface area (Å²) in [5.74, 6) is -0.000741. The van der Waals surface area contributed by atoms with Crippen LogP contribution in [0.2, 0.25) is 6.04 Å². The molecule has 0 bridgehead atoms. The molecule has 0 spiro atoms. The zero-order chi connectivity index (χ0) is 18.8. The maximum atomic E-state index is 10.4. The van der Waals surface area contributed by atoms with E-state index in [-0.39, 0.29) is 11.0 Å². The Morgan fingerprint density at radius 3 is 2.04 bits per heavy atom. The van der Waals surface area contributed by atoms with Crippen LogP contribution >= 0.6 is 0 Å². The second-order valence-electron chi connectivity index (χ2n) is 6.18. The van der Waals surface area contributed by atoms with Crippen molar-refractivity contribution >= 4 is 14.2 Å². The quantitative estimate of drug-likeness (QED) is 0.553. The molecule has 2 N–H and O–H groups in total. The van der Waals surface area contributed by atoms with E-state index in [2.05, 4.69) is 27.7 Å². The van der Waals surface area contributed by atoms with Crippen LogP contribution in [0, 0.1) is 0 Å². The SMILES string of the molecule is CCOC1(CC)CCCC[Si]1(OCC)OCC.Nc1ccc([O])cc1. The second-order valence-corrected chi connectivity index (χ2v) is 9.67. The molecular formula is C19H34NO4Si. The van der Waals surface area contributed by atoms with Crippen molar-refractivity contribution in [3.63, 3.8) is 0 Å². The Bertz CT molecular complexity index is 446. The number of nitrogens with two attached hydrogens (primary N) is 1. The molecule has 1 aliphatic rings. The first-order valence-corrected chi connectivity index (χ1v) is 11.5. The molecule has 1 aromatic carbocycles. The minimum absolute atomic E-state index is 0.000741. The summed E-state index contributed by atoms with van der Waals surface area (Å²) >= 11 is 0. The highest BCUT2D eigenvalue weighted by Gasteiger charge is 2.58. The lowest BCUT2D eigenvalue weighted by molar-refractivity contribution is -0.0426. The highest BCUT2D eigenvalue weighted by molar-refractivity contribution is 6.70. The molecule has 2 rings (SSSR count). The summed E-state index contributed by atoms with van der Waals surface area (Å²) in [6.45, 7) is 10.6. The normalized spacial score (nSPS) is 22.1. The van der Waals surface area contributed by atoms with E-state index < -0.39 is 8.56 Å². The van der Waals surface area contributed by atoms with E-state index >= 15 is 0 Å². The predicted octanol–water partition coefficient (Wildman–Crippen LogP) is 4.82. The molecule has 0 amide bonds. The first kappa shape index (κ1) is 22.0. The minimum atomic E-state index is -2.21. The molecule has 1 aliphatic heterocycles. The van der Waals surface area contributed by atoms with Crippen molar-refractivity contribution in [2.45, 2.75) is 64.6 Å². The van der Waals surface area contributed by atoms with E-state index in [9.17, 15) is 5.11 Å². The number of anilines is 1. The van der Waals surface area contributed by atoms with Crippen LogP contribution < -0.4 is 5.73 Å². The van der Waals surface area contributed by atoms with Gasteiger partial charge in [0.05, 0.1) is 0 Å². The number of hydrogen-bond donors (Lipinski definition) is 1. The zero-order valence-corrected chi connectivity index (χ0v) is 17.2. The topological polar surface area (TPSA) is 73.6 Å². The van der Waals surface area contributed by atoms with Crippen molar-refractivity contribution in [2.75, 3.05) is 25.6 Å². The van der Waals surface area contributed by atoms with Crippen molar-refractivity contribution < 1.29 is 18.7 Å². The van der Waals surface area contributed by atoms with E-state index in [1.54, 1.807) is 12.1 Å². The van der Waals surface area contributed by atoms with Crippen LogP contribution in [-0.2, 0) is 18.7 Å². The summed E-state index contributed by atoms with van der Waals surface area (Å²) < 4.78 is 18.5. The van der Waals surface area contributed by atoms with Crippen LogP contribution in [0.25, 0.3) is 0 Å². The van der Waals surface area contributed by atoms with E-state index in [0.29, 0.717) is 5.69 Å². The van der Waals surface area contributed by atoms with Gasteiger partial charge in [-0.2, -0.15) is 0 Å². The van der Waals surface area contributed by atoms with Gasteiger partial charge in [0.25, 0.3) is 0 Å². The molecule has 1 saturated heterocycles. The fraction of sp³-hybridized carbons (Fsp3) is 0.684. The number of benzene rings is 1. The van der Waals surface area contributed by atoms with Crippen molar-refractivity contribution in [2.24, 2.45) is 0 Å². The lowest BCUT2D eigenvalue weighted by Crippen LogP contribution is -2.65. The first-order chi connectivity index (χ1) is 12.0. The number of rotatable bonds is 7. The van der Waals surface area contributed by atoms with E-state index in [0.717, 1.165) is 38.7 Å². The Hall–Kier alpha value is -1.08. The van der Waals surface area contributed by atoms with Crippen molar-refractivity contribution in [1.29, 1.82) is 0 Å². The Morgan fingerprint density at radius 2 is 1.60 bits per heavy atom. The molecule has 0 saturated carbocycles. The summed E-state index contributed by atoms with van der Waals surface area (Å²) in [6.07, 6.45) is 4.57. The summed E-state index contributed by atoms with van der Waals surface area (Å²) in [5.41, 5.74) is 5.92. The summed E-state index contributed by atoms with van der Waals surface area (Å²) in [6, 6.07) is 7.14. The van der Waals surface area contributed by atoms with Gasteiger partial charge in [-0.3, -0.25) is 5.11 Å². The molecule has 1 aromatic rings. The molecule has 1 atom stereocenters. The molecule has 0 aliphatic carbocycles. The van der Waals surface area contributed by atoms with Gasteiger partial charge in [0.1, 0.15) is 5.22 Å². The van der Waals surface area contributed by atoms with Gasteiger partial charge in [-0.05, 0) is 63.9 Å². The van der Waals surface area contributed by atoms with E-state index in [4.69, 9.17) is 19.3 Å². The standard InChI is InChI=1S/C13H28O3Si.C6H6NO/c1-5-13(14-6-2)11-9-10-12-17(13,15-7-3)16-8-4;7-5-1-3-6(8)4-2-5/h5-12H2,1-4H3;1-4H,7H2. The first-order valence-electron chi connectivity index (χ1n) is 9.43. The lowest BCUT2D eigenvalue weighted by Gasteiger charge is -2.49. The maximum absolute atomic E-state index is 10.4. The van der Waals surface area contributed by atoms with Crippen molar-refractivity contribution in [1.82, 2.24) is 0 Å². The van der Waals surface area contributed by atoms with Gasteiger partial charge in [0.2, 0.25) is 0 Å². The molecule has 5 nitrogen and oxygen atoms in total. The maximum Gasteiger partial charge on any atom is 0.371 e. The average molecular weight is 369 g/mol. The van der Waals surface area contributed by atoms with Crippen LogP contribution in [0.1, 0.15) is 53.4 Å². The highest BCUT2D eigenvalue weighted by atomic mass is 28.4. The largest absolute Gasteiger partial charge is 0.399 e. The van der Waals surface area contributed by atoms with Crippen LogP contribution in [0.5, 0.6) is 5.75 Å². The molecular weight excluding hydrogens is 334 g/mol. The number of nitrogen functional groups attached to an aromatic ring is 1. The van der Waals surface area contributed by atoms with Gasteiger partial charge < -0.3 is 19.3 Å². The van der Waals surface area contributed by atoms with Crippen LogP contribution in [-0.4, -0.2) is 33.6 Å². The van der Waals surface area contributed by atoms with Gasteiger partial charge >= 0.3 is 8.56 Å². The average Bonchev–Trinajstić information content (AvgIpc) is 2.61. The lowest BCUT2D eigenvalue weighted by atomic mass is 10.1. The van der Waals surface area contributed by atoms with Gasteiger partial charge in [-0.15, -0.1) is 0 Å². The molecule has 143 valence electrons. The van der Waals surface area contributed by atoms with Gasteiger partial charge in [-0.25, -0.2) is 0 Å². The van der Waals surface area contributed by atoms with Crippen LogP contribution in [0.4, 0.5) is 5.69 Å². The third-order valence-corrected chi connectivity index (χ3v) is 9.32. The number of hydrogen-bond acceptors (Lipinski definition) is 4. The fourth-order valence-corrected chi connectivity index (χ4v) is 8.04. The van der Waals surface area contributed by atoms with E-state index in [1.165, 1.54) is 25.0 Å². The second kappa shape index (κ2) is 10.8. The molecule has 0 aromatic heterocycles. The van der Waals surface area contributed by atoms with Crippen molar-refractivity contribution in [3.8, 4) is 5.75 Å². The fourth-order valence-electron chi connectivity index (χ4n) is 3.58. The Labute approximate surface area is 153 Å². The van der Waals surface area contributed by atoms with Crippen molar-refractivity contribution in [3.05, 3.63) is 24.3 Å². The third-order valence-electron chi connectivity index (χ3n) is 4.66. The van der Waals surface area contributed by atoms with Gasteiger partial charge in [-0.1, -0.05) is 19.8 Å². The molecule has 1 radical (unpaired) electrons. The molecule has 25 heavy (non-hydrogen) atoms. The monoisotopic (exact) mass is 368 g/mol. The summed E-state index contributed by atoms with van der Waals surface area (Å²) in [7, 11) is -2.21. The zero-order valence-electron chi connectivity index (χ0n) is 16.2. The van der Waals surface area contributed by atoms with Gasteiger partial charge in [0.15, 0.2) is 5.75 Å². The molecule has 1 fully saturated rings. The molecule has 6 heteroatoms. The van der Waals surface area contributed by atoms with Crippen LogP contribution in [0.3, 0.4) is 0 Å². The Morgan fingerprint density at radius 1 is 1.00 bits per heavy atom. The summed E-state index contributed by atoms with van der Waals surface area (Å²) in [5, 5.41) is 10.2. The predicted molar refractivity (Wildman–Crippen MR) is 103 cm³/mol. The Kier molecular flexibility index (Phi) is 9.49. The van der Waals surface area contributed by atoms with E-state index in [1.807, 2.05) is 0 Å². The molecule has 1 heterocycles.